The second-order valence-electron chi connectivity index (χ2n) is 5.86. The van der Waals surface area contributed by atoms with Gasteiger partial charge < -0.3 is 19.6 Å². The number of carbonyl (C=O) groups excluding carboxylic acids is 2. The zero-order valence-corrected chi connectivity index (χ0v) is 15.2. The molecule has 0 bridgehead atoms. The van der Waals surface area contributed by atoms with Crippen molar-refractivity contribution in [2.24, 2.45) is 0 Å². The molecule has 0 radical (unpaired) electrons. The van der Waals surface area contributed by atoms with E-state index in [1.807, 2.05) is 13.8 Å². The summed E-state index contributed by atoms with van der Waals surface area (Å²) in [6, 6.07) is 3.02. The first-order chi connectivity index (χ1) is 12.9. The number of nitrogen functional groups attached to an aromatic ring is 1. The van der Waals surface area contributed by atoms with Crippen molar-refractivity contribution in [3.05, 3.63) is 40.6 Å². The van der Waals surface area contributed by atoms with E-state index < -0.39 is 11.9 Å². The molecule has 10 nitrogen and oxygen atoms in total. The third-order valence-corrected chi connectivity index (χ3v) is 4.07. The zero-order valence-electron chi connectivity index (χ0n) is 15.2. The van der Waals surface area contributed by atoms with Crippen LogP contribution in [0.1, 0.15) is 39.7 Å². The number of ether oxygens (including phenoxy) is 2. The average Bonchev–Trinajstić information content (AvgIpc) is 3.25. The molecule has 0 saturated heterocycles. The van der Waals surface area contributed by atoms with Gasteiger partial charge in [-0.25, -0.2) is 9.78 Å². The number of aryl methyl sites for hydroxylation is 2. The highest BCUT2D eigenvalue weighted by Crippen LogP contribution is 2.17. The smallest absolute Gasteiger partial charge is 0.373 e. The van der Waals surface area contributed by atoms with Crippen molar-refractivity contribution < 1.29 is 23.5 Å². The molecule has 3 heterocycles. The van der Waals surface area contributed by atoms with Crippen LogP contribution in [0.15, 0.2) is 16.5 Å². The number of esters is 2. The van der Waals surface area contributed by atoms with Gasteiger partial charge in [-0.05, 0) is 38.0 Å². The molecule has 27 heavy (non-hydrogen) atoms. The molecule has 0 unspecified atom stereocenters. The van der Waals surface area contributed by atoms with Crippen molar-refractivity contribution in [2.45, 2.75) is 33.3 Å². The van der Waals surface area contributed by atoms with Gasteiger partial charge in [0, 0.05) is 17.8 Å². The Bertz CT molecular complexity index is 1010. The Morgan fingerprint density at radius 1 is 1.26 bits per heavy atom. The van der Waals surface area contributed by atoms with Crippen LogP contribution in [0.3, 0.4) is 0 Å². The summed E-state index contributed by atoms with van der Waals surface area (Å²) in [5.74, 6) is -0.00357. The lowest BCUT2D eigenvalue weighted by atomic mass is 10.1. The van der Waals surface area contributed by atoms with Crippen LogP contribution in [-0.4, -0.2) is 38.6 Å². The molecular weight excluding hydrogens is 354 g/mol. The average molecular weight is 373 g/mol. The number of anilines is 1. The molecule has 0 spiro atoms. The van der Waals surface area contributed by atoms with Crippen LogP contribution in [-0.2, 0) is 27.3 Å². The summed E-state index contributed by atoms with van der Waals surface area (Å²) in [4.78, 5) is 31.8. The minimum absolute atomic E-state index is 0.0567. The van der Waals surface area contributed by atoms with Gasteiger partial charge in [0.05, 0.1) is 7.11 Å². The summed E-state index contributed by atoms with van der Waals surface area (Å²) in [6.07, 6.45) is 0.592. The van der Waals surface area contributed by atoms with Crippen LogP contribution in [0.2, 0.25) is 0 Å². The summed E-state index contributed by atoms with van der Waals surface area (Å²) in [6.45, 7) is 3.65. The minimum atomic E-state index is -0.588. The third-order valence-electron chi connectivity index (χ3n) is 4.07. The van der Waals surface area contributed by atoms with Crippen molar-refractivity contribution >= 4 is 23.7 Å². The second-order valence-corrected chi connectivity index (χ2v) is 5.86. The number of methoxy groups -OCH3 is 1. The van der Waals surface area contributed by atoms with E-state index in [1.54, 1.807) is 10.6 Å². The monoisotopic (exact) mass is 373 g/mol. The normalized spacial score (nSPS) is 10.9. The highest BCUT2D eigenvalue weighted by molar-refractivity contribution is 5.86. The summed E-state index contributed by atoms with van der Waals surface area (Å²) in [7, 11) is 1.26. The lowest BCUT2D eigenvalue weighted by molar-refractivity contribution is -0.145. The molecule has 0 saturated carbocycles. The van der Waals surface area contributed by atoms with Gasteiger partial charge in [-0.1, -0.05) is 0 Å². The van der Waals surface area contributed by atoms with E-state index in [4.69, 9.17) is 14.9 Å². The fourth-order valence-corrected chi connectivity index (χ4v) is 2.70. The molecular formula is C17H19N5O5. The molecule has 0 aliphatic rings. The molecule has 0 aliphatic heterocycles. The number of hydrogen-bond acceptors (Lipinski definition) is 9. The van der Waals surface area contributed by atoms with E-state index in [-0.39, 0.29) is 24.7 Å². The third kappa shape index (κ3) is 3.89. The lowest BCUT2D eigenvalue weighted by Gasteiger charge is -2.10. The van der Waals surface area contributed by atoms with Crippen LogP contribution >= 0.6 is 0 Å². The Morgan fingerprint density at radius 2 is 2.04 bits per heavy atom. The van der Waals surface area contributed by atoms with Gasteiger partial charge in [0.2, 0.25) is 11.7 Å². The van der Waals surface area contributed by atoms with Crippen molar-refractivity contribution in [3.8, 4) is 0 Å². The topological polar surface area (TPSA) is 135 Å². The summed E-state index contributed by atoms with van der Waals surface area (Å²) in [5.41, 5.74) is 8.08. The SMILES string of the molecule is COC(=O)c1ccc(COC(=O)CCc2c(C)nc3nc(N)nn3c2C)o1. The number of nitrogens with zero attached hydrogens (tertiary/aromatic N) is 4. The highest BCUT2D eigenvalue weighted by atomic mass is 16.5. The van der Waals surface area contributed by atoms with Gasteiger partial charge in [-0.3, -0.25) is 4.79 Å². The van der Waals surface area contributed by atoms with Gasteiger partial charge in [0.15, 0.2) is 0 Å². The van der Waals surface area contributed by atoms with Crippen LogP contribution < -0.4 is 5.73 Å². The van der Waals surface area contributed by atoms with Crippen LogP contribution in [0.25, 0.3) is 5.78 Å². The number of carbonyl (C=O) groups is 2. The van der Waals surface area contributed by atoms with E-state index in [9.17, 15) is 9.59 Å². The maximum atomic E-state index is 12.0. The van der Waals surface area contributed by atoms with Gasteiger partial charge >= 0.3 is 11.9 Å². The van der Waals surface area contributed by atoms with Crippen molar-refractivity contribution in [3.63, 3.8) is 0 Å². The molecule has 0 aromatic carbocycles. The lowest BCUT2D eigenvalue weighted by Crippen LogP contribution is -2.10. The molecule has 0 atom stereocenters. The van der Waals surface area contributed by atoms with E-state index in [0.29, 0.717) is 18.0 Å². The Labute approximate surface area is 154 Å². The molecule has 0 fully saturated rings. The Kier molecular flexibility index (Phi) is 5.06. The number of aromatic nitrogens is 4. The van der Waals surface area contributed by atoms with Crippen molar-refractivity contribution in [1.29, 1.82) is 0 Å². The second kappa shape index (κ2) is 7.44. The molecule has 0 aliphatic carbocycles. The Balaban J connectivity index is 1.60. The predicted octanol–water partition coefficient (Wildman–Crippen LogP) is 1.38. The first-order valence-electron chi connectivity index (χ1n) is 8.20. The van der Waals surface area contributed by atoms with E-state index in [1.165, 1.54) is 13.2 Å². The maximum Gasteiger partial charge on any atom is 0.373 e. The highest BCUT2D eigenvalue weighted by Gasteiger charge is 2.15. The van der Waals surface area contributed by atoms with E-state index in [2.05, 4.69) is 19.8 Å². The molecule has 3 aromatic rings. The molecule has 3 aromatic heterocycles. The molecule has 10 heteroatoms. The Morgan fingerprint density at radius 3 is 2.78 bits per heavy atom. The molecule has 142 valence electrons. The summed E-state index contributed by atoms with van der Waals surface area (Å²) < 4.78 is 16.5. The van der Waals surface area contributed by atoms with E-state index in [0.717, 1.165) is 17.0 Å². The zero-order chi connectivity index (χ0) is 19.6. The van der Waals surface area contributed by atoms with Gasteiger partial charge in [-0.2, -0.15) is 9.50 Å². The maximum absolute atomic E-state index is 12.0. The first kappa shape index (κ1) is 18.4. The fraction of sp³-hybridized carbons (Fsp3) is 0.353. The van der Waals surface area contributed by atoms with Crippen molar-refractivity contribution in [2.75, 3.05) is 12.8 Å². The van der Waals surface area contributed by atoms with Gasteiger partial charge in [0.1, 0.15) is 12.4 Å². The molecule has 2 N–H and O–H groups in total. The van der Waals surface area contributed by atoms with Crippen LogP contribution in [0.5, 0.6) is 0 Å². The molecule has 0 amide bonds. The fourth-order valence-electron chi connectivity index (χ4n) is 2.70. The quantitative estimate of drug-likeness (QED) is 0.636. The number of hydrogen-bond donors (Lipinski definition) is 1. The van der Waals surface area contributed by atoms with Crippen molar-refractivity contribution in [1.82, 2.24) is 19.6 Å². The number of fused-ring (bicyclic) bond motifs is 1. The largest absolute Gasteiger partial charge is 0.463 e. The molecule has 3 rings (SSSR count). The summed E-state index contributed by atoms with van der Waals surface area (Å²) in [5, 5.41) is 4.10. The van der Waals surface area contributed by atoms with Gasteiger partial charge in [-0.15, -0.1) is 5.10 Å². The van der Waals surface area contributed by atoms with Gasteiger partial charge in [0.25, 0.3) is 5.78 Å². The first-order valence-corrected chi connectivity index (χ1v) is 8.20. The standard InChI is InChI=1S/C17H19N5O5/c1-9-12(10(2)22-17(19-9)20-16(18)21-22)5-7-14(23)26-8-11-4-6-13(27-11)15(24)25-3/h4,6H,5,7-8H2,1-3H3,(H2,18,21). The number of nitrogens with two attached hydrogens (primary N) is 1. The minimum Gasteiger partial charge on any atom is -0.463 e. The van der Waals surface area contributed by atoms with Crippen LogP contribution in [0, 0.1) is 13.8 Å². The summed E-state index contributed by atoms with van der Waals surface area (Å²) >= 11 is 0. The Hall–Kier alpha value is -3.43. The van der Waals surface area contributed by atoms with E-state index >= 15 is 0 Å². The van der Waals surface area contributed by atoms with Crippen LogP contribution in [0.4, 0.5) is 5.95 Å². The number of rotatable bonds is 6. The predicted molar refractivity (Wildman–Crippen MR) is 92.8 cm³/mol. The number of furan rings is 1.